The average molecular weight is 395 g/mol. The van der Waals surface area contributed by atoms with E-state index in [1.54, 1.807) is 20.0 Å². The molecular weight excluding hydrogens is 364 g/mol. The van der Waals surface area contributed by atoms with Crippen LogP contribution in [0.25, 0.3) is 0 Å². The molecule has 154 valence electrons. The molecule has 0 saturated carbocycles. The highest BCUT2D eigenvalue weighted by Gasteiger charge is 2.20. The minimum absolute atomic E-state index is 0.0303. The van der Waals surface area contributed by atoms with Crippen molar-refractivity contribution in [3.8, 4) is 0 Å². The van der Waals surface area contributed by atoms with E-state index in [1.807, 2.05) is 46.3 Å². The highest BCUT2D eigenvalue weighted by molar-refractivity contribution is 5.92. The summed E-state index contributed by atoms with van der Waals surface area (Å²) in [6.07, 6.45) is 5.49. The number of carbonyl (C=O) groups is 2. The molecule has 0 spiro atoms. The normalized spacial score (nSPS) is 16.5. The van der Waals surface area contributed by atoms with Gasteiger partial charge in [-0.2, -0.15) is 0 Å². The smallest absolute Gasteiger partial charge is 0.223 e. The Hall–Kier alpha value is -2.73. The number of pyridine rings is 1. The molecule has 0 atom stereocenters. The van der Waals surface area contributed by atoms with E-state index in [-0.39, 0.29) is 11.8 Å². The highest BCUT2D eigenvalue weighted by atomic mass is 16.2. The van der Waals surface area contributed by atoms with Crippen LogP contribution in [0.3, 0.4) is 0 Å². The maximum Gasteiger partial charge on any atom is 0.223 e. The summed E-state index contributed by atoms with van der Waals surface area (Å²) in [7, 11) is 0. The van der Waals surface area contributed by atoms with Crippen LogP contribution in [0.2, 0.25) is 0 Å². The molecule has 1 aromatic carbocycles. The molecule has 29 heavy (non-hydrogen) atoms. The van der Waals surface area contributed by atoms with Gasteiger partial charge in [-0.05, 0) is 36.1 Å². The van der Waals surface area contributed by atoms with Crippen LogP contribution in [0, 0.1) is 0 Å². The molecule has 1 aliphatic heterocycles. The molecule has 3 rings (SSSR count). The van der Waals surface area contributed by atoms with Crippen LogP contribution in [-0.4, -0.2) is 52.8 Å². The summed E-state index contributed by atoms with van der Waals surface area (Å²) in [6.45, 7) is 7.73. The van der Waals surface area contributed by atoms with Gasteiger partial charge in [0.1, 0.15) is 0 Å². The molecule has 0 unspecified atom stereocenters. The summed E-state index contributed by atoms with van der Waals surface area (Å²) in [4.78, 5) is 35.0. The zero-order chi connectivity index (χ0) is 20.6. The minimum atomic E-state index is 0.0303. The van der Waals surface area contributed by atoms with E-state index in [1.165, 1.54) is 5.56 Å². The fraction of sp³-hybridized carbons (Fsp3) is 0.435. The van der Waals surface area contributed by atoms with Crippen LogP contribution in [-0.2, 0) is 22.7 Å². The Balaban J connectivity index is 1.83. The summed E-state index contributed by atoms with van der Waals surface area (Å²) < 4.78 is 0. The van der Waals surface area contributed by atoms with Gasteiger partial charge in [-0.15, -0.1) is 0 Å². The van der Waals surface area contributed by atoms with E-state index in [4.69, 9.17) is 0 Å². The van der Waals surface area contributed by atoms with Gasteiger partial charge in [-0.1, -0.05) is 24.3 Å². The molecular formula is C23H30N4O2. The van der Waals surface area contributed by atoms with Crippen molar-refractivity contribution in [1.29, 1.82) is 0 Å². The first-order chi connectivity index (χ1) is 14.0. The predicted octanol–water partition coefficient (Wildman–Crippen LogP) is 3.08. The van der Waals surface area contributed by atoms with E-state index in [0.29, 0.717) is 19.6 Å². The third kappa shape index (κ3) is 5.87. The molecule has 0 bridgehead atoms. The van der Waals surface area contributed by atoms with E-state index < -0.39 is 0 Å². The highest BCUT2D eigenvalue weighted by Crippen LogP contribution is 2.23. The Kier molecular flexibility index (Phi) is 7.36. The van der Waals surface area contributed by atoms with E-state index in [9.17, 15) is 9.59 Å². The lowest BCUT2D eigenvalue weighted by Crippen LogP contribution is -2.37. The maximum absolute atomic E-state index is 12.4. The van der Waals surface area contributed by atoms with Gasteiger partial charge < -0.3 is 9.80 Å². The number of aromatic nitrogens is 1. The molecule has 6 nitrogen and oxygen atoms in total. The number of amides is 2. The number of carbonyl (C=O) groups excluding carboxylic acids is 2. The molecule has 0 saturated heterocycles. The minimum Gasteiger partial charge on any atom is -0.338 e. The molecule has 0 aliphatic carbocycles. The van der Waals surface area contributed by atoms with Gasteiger partial charge in [0.2, 0.25) is 11.8 Å². The first-order valence-electron chi connectivity index (χ1n) is 10.3. The van der Waals surface area contributed by atoms with E-state index in [2.05, 4.69) is 16.0 Å². The molecule has 6 heteroatoms. The van der Waals surface area contributed by atoms with Crippen molar-refractivity contribution in [2.45, 2.75) is 39.8 Å². The maximum atomic E-state index is 12.4. The van der Waals surface area contributed by atoms with Crippen molar-refractivity contribution in [3.63, 3.8) is 0 Å². The fourth-order valence-corrected chi connectivity index (χ4v) is 3.87. The zero-order valence-electron chi connectivity index (χ0n) is 17.4. The second-order valence-electron chi connectivity index (χ2n) is 7.58. The van der Waals surface area contributed by atoms with Crippen molar-refractivity contribution in [2.24, 2.45) is 0 Å². The van der Waals surface area contributed by atoms with Crippen molar-refractivity contribution in [2.75, 3.05) is 31.1 Å². The van der Waals surface area contributed by atoms with Crippen LogP contribution in [0.1, 0.15) is 37.8 Å². The molecule has 2 heterocycles. The SMILES string of the molecule is CC(=O)N1CCCN(Cc2cccnc2)CCCN(C(C)=O)c2ccccc2C1. The number of anilines is 1. The third-order valence-corrected chi connectivity index (χ3v) is 5.36. The molecule has 0 N–H and O–H groups in total. The Morgan fingerprint density at radius 3 is 2.38 bits per heavy atom. The fourth-order valence-electron chi connectivity index (χ4n) is 3.87. The standard InChI is InChI=1S/C23H30N4O2/c1-19(28)26-14-6-12-25(17-21-8-5-11-24-16-21)13-7-15-27(20(2)29)23-10-4-3-9-22(23)18-26/h3-5,8-11,16H,6-7,12-15,17-18H2,1-2H3. The Bertz CT molecular complexity index is 825. The van der Waals surface area contributed by atoms with Crippen molar-refractivity contribution >= 4 is 17.5 Å². The van der Waals surface area contributed by atoms with E-state index in [0.717, 1.165) is 43.7 Å². The van der Waals surface area contributed by atoms with Crippen molar-refractivity contribution in [1.82, 2.24) is 14.8 Å². The summed E-state index contributed by atoms with van der Waals surface area (Å²) >= 11 is 0. The lowest BCUT2D eigenvalue weighted by Gasteiger charge is -2.31. The van der Waals surface area contributed by atoms with Gasteiger partial charge in [0.05, 0.1) is 0 Å². The van der Waals surface area contributed by atoms with Gasteiger partial charge in [0, 0.05) is 71.2 Å². The molecule has 1 aromatic heterocycles. The van der Waals surface area contributed by atoms with Crippen LogP contribution in [0.5, 0.6) is 0 Å². The Morgan fingerprint density at radius 1 is 0.931 bits per heavy atom. The van der Waals surface area contributed by atoms with Crippen molar-refractivity contribution in [3.05, 3.63) is 59.9 Å². The average Bonchev–Trinajstić information content (AvgIpc) is 2.70. The van der Waals surface area contributed by atoms with Crippen LogP contribution in [0.4, 0.5) is 5.69 Å². The number of benzene rings is 1. The second-order valence-corrected chi connectivity index (χ2v) is 7.58. The predicted molar refractivity (Wildman–Crippen MR) is 114 cm³/mol. The zero-order valence-corrected chi connectivity index (χ0v) is 17.4. The van der Waals surface area contributed by atoms with Gasteiger partial charge in [-0.3, -0.25) is 19.5 Å². The lowest BCUT2D eigenvalue weighted by atomic mass is 10.1. The first-order valence-corrected chi connectivity index (χ1v) is 10.3. The third-order valence-electron chi connectivity index (χ3n) is 5.36. The summed E-state index contributed by atoms with van der Waals surface area (Å²) in [5.74, 6) is 0.0905. The molecule has 0 radical (unpaired) electrons. The topological polar surface area (TPSA) is 56.8 Å². The number of fused-ring (bicyclic) bond motifs is 1. The molecule has 2 amide bonds. The van der Waals surface area contributed by atoms with E-state index >= 15 is 0 Å². The number of hydrogen-bond donors (Lipinski definition) is 0. The summed E-state index contributed by atoms with van der Waals surface area (Å²) in [5, 5.41) is 0. The Morgan fingerprint density at radius 2 is 1.69 bits per heavy atom. The van der Waals surface area contributed by atoms with Gasteiger partial charge in [-0.25, -0.2) is 0 Å². The first kappa shape index (κ1) is 21.0. The van der Waals surface area contributed by atoms with Crippen LogP contribution in [0.15, 0.2) is 48.8 Å². The molecule has 1 aliphatic rings. The number of para-hydroxylation sites is 1. The summed E-state index contributed by atoms with van der Waals surface area (Å²) in [5.41, 5.74) is 3.10. The number of rotatable bonds is 2. The second kappa shape index (κ2) is 10.2. The van der Waals surface area contributed by atoms with Gasteiger partial charge >= 0.3 is 0 Å². The van der Waals surface area contributed by atoms with Crippen LogP contribution < -0.4 is 4.90 Å². The number of nitrogens with zero attached hydrogens (tertiary/aromatic N) is 4. The Labute approximate surface area is 173 Å². The molecule has 2 aromatic rings. The van der Waals surface area contributed by atoms with Gasteiger partial charge in [0.25, 0.3) is 0 Å². The summed E-state index contributed by atoms with van der Waals surface area (Å²) in [6, 6.07) is 12.0. The lowest BCUT2D eigenvalue weighted by molar-refractivity contribution is -0.129. The molecule has 0 fully saturated rings. The van der Waals surface area contributed by atoms with Crippen molar-refractivity contribution < 1.29 is 9.59 Å². The quantitative estimate of drug-likeness (QED) is 0.786. The monoisotopic (exact) mass is 394 g/mol. The number of hydrogen-bond acceptors (Lipinski definition) is 4. The van der Waals surface area contributed by atoms with Crippen LogP contribution >= 0.6 is 0 Å². The largest absolute Gasteiger partial charge is 0.338 e. The van der Waals surface area contributed by atoms with Gasteiger partial charge in [0.15, 0.2) is 0 Å².